The van der Waals surface area contributed by atoms with E-state index in [0.29, 0.717) is 5.02 Å². The Kier molecular flexibility index (Phi) is 4.64. The first-order valence-corrected chi connectivity index (χ1v) is 6.32. The molecule has 0 aliphatic rings. The lowest BCUT2D eigenvalue weighted by Gasteiger charge is -2.02. The van der Waals surface area contributed by atoms with Crippen molar-refractivity contribution in [2.24, 2.45) is 5.10 Å². The fourth-order valence-electron chi connectivity index (χ4n) is 1.60. The molecule has 8 nitrogen and oxygen atoms in total. The van der Waals surface area contributed by atoms with Crippen molar-refractivity contribution in [3.63, 3.8) is 0 Å². The van der Waals surface area contributed by atoms with Gasteiger partial charge in [-0.1, -0.05) is 23.7 Å². The van der Waals surface area contributed by atoms with Crippen molar-refractivity contribution < 1.29 is 9.85 Å². The maximum Gasteiger partial charge on any atom is 0.301 e. The molecule has 2 aromatic carbocycles. The van der Waals surface area contributed by atoms with Crippen LogP contribution in [0.2, 0.25) is 5.02 Å². The summed E-state index contributed by atoms with van der Waals surface area (Å²) < 4.78 is 0. The summed E-state index contributed by atoms with van der Waals surface area (Å²) in [7, 11) is 0. The summed E-state index contributed by atoms with van der Waals surface area (Å²) in [6, 6.07) is 10.1. The van der Waals surface area contributed by atoms with Crippen LogP contribution < -0.4 is 5.43 Å². The highest BCUT2D eigenvalue weighted by molar-refractivity contribution is 6.30. The van der Waals surface area contributed by atoms with E-state index in [1.165, 1.54) is 12.3 Å². The van der Waals surface area contributed by atoms with E-state index in [-0.39, 0.29) is 11.4 Å². The fourth-order valence-corrected chi connectivity index (χ4v) is 1.73. The number of benzene rings is 2. The summed E-state index contributed by atoms with van der Waals surface area (Å²) in [5.41, 5.74) is 2.50. The van der Waals surface area contributed by atoms with Crippen molar-refractivity contribution in [2.75, 3.05) is 5.43 Å². The largest absolute Gasteiger partial charge is 0.301 e. The van der Waals surface area contributed by atoms with E-state index in [4.69, 9.17) is 11.6 Å². The van der Waals surface area contributed by atoms with E-state index in [0.717, 1.165) is 17.7 Å². The second-order valence-corrected chi connectivity index (χ2v) is 4.57. The highest BCUT2D eigenvalue weighted by Gasteiger charge is 2.18. The topological polar surface area (TPSA) is 111 Å². The maximum absolute atomic E-state index is 10.9. The SMILES string of the molecule is O=[N+]([O-])c1ccc(N/N=C/c2ccc(Cl)cc2)c([N+](=O)[O-])c1. The molecule has 0 atom stereocenters. The number of rotatable bonds is 5. The minimum absolute atomic E-state index is 0.0563. The van der Waals surface area contributed by atoms with Gasteiger partial charge in [0.1, 0.15) is 5.69 Å². The average molecular weight is 321 g/mol. The van der Waals surface area contributed by atoms with Crippen molar-refractivity contribution in [2.45, 2.75) is 0 Å². The number of hydrogen-bond acceptors (Lipinski definition) is 6. The van der Waals surface area contributed by atoms with Gasteiger partial charge in [0, 0.05) is 11.1 Å². The normalized spacial score (nSPS) is 10.6. The lowest BCUT2D eigenvalue weighted by molar-refractivity contribution is -0.393. The molecule has 22 heavy (non-hydrogen) atoms. The third kappa shape index (κ3) is 3.76. The van der Waals surface area contributed by atoms with Gasteiger partial charge < -0.3 is 0 Å². The van der Waals surface area contributed by atoms with Crippen molar-refractivity contribution in [1.82, 2.24) is 0 Å². The summed E-state index contributed by atoms with van der Waals surface area (Å²) in [6.45, 7) is 0. The number of nitro benzene ring substituents is 2. The highest BCUT2D eigenvalue weighted by atomic mass is 35.5. The van der Waals surface area contributed by atoms with Crippen LogP contribution in [0.15, 0.2) is 47.6 Å². The number of nitro groups is 2. The van der Waals surface area contributed by atoms with Gasteiger partial charge in [-0.25, -0.2) is 0 Å². The zero-order valence-electron chi connectivity index (χ0n) is 11.0. The molecule has 0 aromatic heterocycles. The van der Waals surface area contributed by atoms with Gasteiger partial charge in [0.25, 0.3) is 5.69 Å². The summed E-state index contributed by atoms with van der Waals surface area (Å²) in [5, 5.41) is 26.0. The van der Waals surface area contributed by atoms with Crippen molar-refractivity contribution in [1.29, 1.82) is 0 Å². The molecule has 0 fully saturated rings. The van der Waals surface area contributed by atoms with Crippen LogP contribution >= 0.6 is 11.6 Å². The Morgan fingerprint density at radius 1 is 1.05 bits per heavy atom. The predicted molar refractivity (Wildman–Crippen MR) is 82.4 cm³/mol. The number of halogens is 1. The van der Waals surface area contributed by atoms with E-state index >= 15 is 0 Å². The van der Waals surface area contributed by atoms with Gasteiger partial charge in [-0.2, -0.15) is 5.10 Å². The van der Waals surface area contributed by atoms with Gasteiger partial charge in [0.05, 0.1) is 22.1 Å². The number of nitrogens with one attached hydrogen (secondary N) is 1. The Balaban J connectivity index is 2.20. The molecule has 0 saturated heterocycles. The average Bonchev–Trinajstić information content (AvgIpc) is 2.49. The molecule has 0 amide bonds. The quantitative estimate of drug-likeness (QED) is 0.514. The first-order valence-electron chi connectivity index (χ1n) is 5.95. The molecule has 9 heteroatoms. The molecule has 2 rings (SSSR count). The van der Waals surface area contributed by atoms with E-state index in [1.807, 2.05) is 0 Å². The molecule has 0 saturated carbocycles. The molecule has 0 radical (unpaired) electrons. The van der Waals surface area contributed by atoms with Crippen LogP contribution in [0.3, 0.4) is 0 Å². The van der Waals surface area contributed by atoms with E-state index in [1.54, 1.807) is 24.3 Å². The van der Waals surface area contributed by atoms with Crippen LogP contribution in [0.1, 0.15) is 5.56 Å². The third-order valence-corrected chi connectivity index (χ3v) is 2.91. The Hall–Kier alpha value is -3.00. The van der Waals surface area contributed by atoms with Gasteiger partial charge in [0.2, 0.25) is 0 Å². The molecule has 2 aromatic rings. The summed E-state index contributed by atoms with van der Waals surface area (Å²) in [4.78, 5) is 20.2. The summed E-state index contributed by atoms with van der Waals surface area (Å²) in [5.74, 6) is 0. The van der Waals surface area contributed by atoms with E-state index in [2.05, 4.69) is 10.5 Å². The lowest BCUT2D eigenvalue weighted by Crippen LogP contribution is -1.98. The molecule has 0 spiro atoms. The van der Waals surface area contributed by atoms with Crippen LogP contribution in [-0.2, 0) is 0 Å². The molecule has 0 heterocycles. The minimum atomic E-state index is -0.715. The van der Waals surface area contributed by atoms with Gasteiger partial charge >= 0.3 is 5.69 Å². The van der Waals surface area contributed by atoms with Crippen molar-refractivity contribution in [3.8, 4) is 0 Å². The van der Waals surface area contributed by atoms with Crippen LogP contribution in [0.5, 0.6) is 0 Å². The van der Waals surface area contributed by atoms with Crippen molar-refractivity contribution in [3.05, 3.63) is 73.3 Å². The molecule has 0 aliphatic heterocycles. The first-order chi connectivity index (χ1) is 10.5. The Morgan fingerprint density at radius 2 is 1.73 bits per heavy atom. The number of non-ortho nitro benzene ring substituents is 1. The van der Waals surface area contributed by atoms with Gasteiger partial charge in [-0.3, -0.25) is 25.7 Å². The van der Waals surface area contributed by atoms with Gasteiger partial charge in [-0.05, 0) is 23.8 Å². The molecule has 0 aliphatic carbocycles. The van der Waals surface area contributed by atoms with Gasteiger partial charge in [0.15, 0.2) is 0 Å². The first kappa shape index (κ1) is 15.4. The van der Waals surface area contributed by atoms with Crippen LogP contribution in [-0.4, -0.2) is 16.1 Å². The monoisotopic (exact) mass is 320 g/mol. The molecule has 0 unspecified atom stereocenters. The number of anilines is 1. The second kappa shape index (κ2) is 6.64. The summed E-state index contributed by atoms with van der Waals surface area (Å²) >= 11 is 5.75. The molecular formula is C13H9ClN4O4. The van der Waals surface area contributed by atoms with Crippen LogP contribution in [0, 0.1) is 20.2 Å². The lowest BCUT2D eigenvalue weighted by atomic mass is 10.2. The highest BCUT2D eigenvalue weighted by Crippen LogP contribution is 2.28. The molecule has 1 N–H and O–H groups in total. The Morgan fingerprint density at radius 3 is 2.32 bits per heavy atom. The van der Waals surface area contributed by atoms with Crippen molar-refractivity contribution >= 4 is 34.9 Å². The summed E-state index contributed by atoms with van der Waals surface area (Å²) in [6.07, 6.45) is 1.45. The number of hydrogen-bond donors (Lipinski definition) is 1. The Labute approximate surface area is 129 Å². The Bertz CT molecular complexity index is 746. The number of hydrazone groups is 1. The van der Waals surface area contributed by atoms with Crippen LogP contribution in [0.25, 0.3) is 0 Å². The van der Waals surface area contributed by atoms with E-state index < -0.39 is 15.5 Å². The molecular weight excluding hydrogens is 312 g/mol. The fraction of sp³-hybridized carbons (Fsp3) is 0. The number of nitrogens with zero attached hydrogens (tertiary/aromatic N) is 3. The zero-order chi connectivity index (χ0) is 16.1. The van der Waals surface area contributed by atoms with Crippen LogP contribution in [0.4, 0.5) is 17.1 Å². The van der Waals surface area contributed by atoms with E-state index in [9.17, 15) is 20.2 Å². The molecule has 0 bridgehead atoms. The zero-order valence-corrected chi connectivity index (χ0v) is 11.7. The standard InChI is InChI=1S/C13H9ClN4O4/c14-10-3-1-9(2-4-10)8-15-16-12-6-5-11(17(19)20)7-13(12)18(21)22/h1-8,16H/b15-8+. The third-order valence-electron chi connectivity index (χ3n) is 2.66. The maximum atomic E-state index is 10.9. The minimum Gasteiger partial charge on any atom is -0.272 e. The second-order valence-electron chi connectivity index (χ2n) is 4.14. The smallest absolute Gasteiger partial charge is 0.272 e. The molecule has 112 valence electrons. The van der Waals surface area contributed by atoms with Gasteiger partial charge in [-0.15, -0.1) is 0 Å². The predicted octanol–water partition coefficient (Wildman–Crippen LogP) is 3.60.